The van der Waals surface area contributed by atoms with Crippen molar-refractivity contribution in [1.82, 2.24) is 4.98 Å². The van der Waals surface area contributed by atoms with Crippen LogP contribution in [0.4, 0.5) is 0 Å². The third-order valence-corrected chi connectivity index (χ3v) is 3.81. The molecule has 0 aromatic carbocycles. The molecule has 1 atom stereocenters. The molecule has 3 nitrogen and oxygen atoms in total. The standard InChI is InChI=1S/C12H18BrNO2S/c1-5-6-9(15)16-10(12(2,3)4)11-14-8(13)7-17-11/h7,10H,5-6H2,1-4H3. The molecule has 0 amide bonds. The summed E-state index contributed by atoms with van der Waals surface area (Å²) < 4.78 is 6.33. The van der Waals surface area contributed by atoms with Gasteiger partial charge in [-0.05, 0) is 22.4 Å². The molecule has 0 fully saturated rings. The Morgan fingerprint density at radius 2 is 2.24 bits per heavy atom. The molecule has 0 N–H and O–H groups in total. The van der Waals surface area contributed by atoms with Crippen LogP contribution in [-0.4, -0.2) is 11.0 Å². The maximum absolute atomic E-state index is 11.6. The lowest BCUT2D eigenvalue weighted by Crippen LogP contribution is -2.24. The quantitative estimate of drug-likeness (QED) is 0.775. The lowest BCUT2D eigenvalue weighted by Gasteiger charge is -2.28. The molecule has 17 heavy (non-hydrogen) atoms. The van der Waals surface area contributed by atoms with E-state index in [1.54, 1.807) is 0 Å². The molecule has 1 heterocycles. The number of hydrogen-bond donors (Lipinski definition) is 0. The molecule has 0 aliphatic carbocycles. The second kappa shape index (κ2) is 5.96. The predicted octanol–water partition coefficient (Wildman–Crippen LogP) is 4.34. The van der Waals surface area contributed by atoms with Crippen molar-refractivity contribution in [3.05, 3.63) is 15.0 Å². The molecular formula is C12H18BrNO2S. The molecule has 0 saturated heterocycles. The Balaban J connectivity index is 2.86. The van der Waals surface area contributed by atoms with Crippen molar-refractivity contribution in [1.29, 1.82) is 0 Å². The molecular weight excluding hydrogens is 302 g/mol. The van der Waals surface area contributed by atoms with Crippen molar-refractivity contribution >= 4 is 33.2 Å². The number of carbonyl (C=O) groups is 1. The van der Waals surface area contributed by atoms with E-state index in [1.165, 1.54) is 11.3 Å². The maximum atomic E-state index is 11.6. The predicted molar refractivity (Wildman–Crippen MR) is 73.0 cm³/mol. The first-order valence-corrected chi connectivity index (χ1v) is 7.32. The van der Waals surface area contributed by atoms with E-state index in [0.29, 0.717) is 6.42 Å². The van der Waals surface area contributed by atoms with Crippen LogP contribution >= 0.6 is 27.3 Å². The van der Waals surface area contributed by atoms with Crippen LogP contribution in [0.15, 0.2) is 9.98 Å². The highest BCUT2D eigenvalue weighted by atomic mass is 79.9. The minimum absolute atomic E-state index is 0.152. The number of carbonyl (C=O) groups excluding carboxylic acids is 1. The normalized spacial score (nSPS) is 13.5. The van der Waals surface area contributed by atoms with Gasteiger partial charge >= 0.3 is 5.97 Å². The second-order valence-corrected chi connectivity index (χ2v) is 6.70. The molecule has 0 aliphatic heterocycles. The summed E-state index contributed by atoms with van der Waals surface area (Å²) in [6.45, 7) is 8.11. The highest BCUT2D eigenvalue weighted by Crippen LogP contribution is 2.38. The van der Waals surface area contributed by atoms with Gasteiger partial charge in [0.25, 0.3) is 0 Å². The van der Waals surface area contributed by atoms with E-state index in [9.17, 15) is 4.79 Å². The fourth-order valence-corrected chi connectivity index (χ4v) is 2.92. The molecule has 96 valence electrons. The van der Waals surface area contributed by atoms with Gasteiger partial charge in [0.15, 0.2) is 6.10 Å². The summed E-state index contributed by atoms with van der Waals surface area (Å²) in [4.78, 5) is 16.0. The second-order valence-electron chi connectivity index (χ2n) is 4.99. The highest BCUT2D eigenvalue weighted by molar-refractivity contribution is 9.10. The van der Waals surface area contributed by atoms with Crippen LogP contribution in [0, 0.1) is 5.41 Å². The average molecular weight is 320 g/mol. The molecule has 1 aromatic rings. The third kappa shape index (κ3) is 4.39. The minimum Gasteiger partial charge on any atom is -0.454 e. The van der Waals surface area contributed by atoms with E-state index in [2.05, 4.69) is 20.9 Å². The van der Waals surface area contributed by atoms with Crippen LogP contribution in [-0.2, 0) is 9.53 Å². The fraction of sp³-hybridized carbons (Fsp3) is 0.667. The topological polar surface area (TPSA) is 39.2 Å². The van der Waals surface area contributed by atoms with E-state index in [-0.39, 0.29) is 17.5 Å². The molecule has 0 saturated carbocycles. The van der Waals surface area contributed by atoms with Crippen molar-refractivity contribution in [2.75, 3.05) is 0 Å². The summed E-state index contributed by atoms with van der Waals surface area (Å²) in [5.74, 6) is -0.154. The minimum atomic E-state index is -0.280. The smallest absolute Gasteiger partial charge is 0.306 e. The molecule has 0 bridgehead atoms. The summed E-state index contributed by atoms with van der Waals surface area (Å²) in [6.07, 6.45) is 0.981. The Kier molecular flexibility index (Phi) is 5.13. The third-order valence-electron chi connectivity index (χ3n) is 2.21. The highest BCUT2D eigenvalue weighted by Gasteiger charge is 2.32. The van der Waals surface area contributed by atoms with Crippen LogP contribution in [0.1, 0.15) is 51.6 Å². The maximum Gasteiger partial charge on any atom is 0.306 e. The van der Waals surface area contributed by atoms with Gasteiger partial charge < -0.3 is 4.74 Å². The van der Waals surface area contributed by atoms with Crippen molar-refractivity contribution in [2.24, 2.45) is 5.41 Å². The van der Waals surface area contributed by atoms with Gasteiger partial charge in [-0.1, -0.05) is 27.7 Å². The van der Waals surface area contributed by atoms with E-state index in [4.69, 9.17) is 4.74 Å². The van der Waals surface area contributed by atoms with E-state index in [0.717, 1.165) is 16.0 Å². The molecule has 1 rings (SSSR count). The number of thiazole rings is 1. The number of aromatic nitrogens is 1. The van der Waals surface area contributed by atoms with Gasteiger partial charge in [0.05, 0.1) is 0 Å². The Bertz CT molecular complexity index is 384. The Labute approximate surface area is 115 Å². The van der Waals surface area contributed by atoms with Crippen molar-refractivity contribution in [3.63, 3.8) is 0 Å². The lowest BCUT2D eigenvalue weighted by atomic mass is 9.89. The Hall–Kier alpha value is -0.420. The molecule has 0 aliphatic rings. The fourth-order valence-electron chi connectivity index (χ4n) is 1.38. The summed E-state index contributed by atoms with van der Waals surface area (Å²) >= 11 is 4.83. The van der Waals surface area contributed by atoms with Gasteiger partial charge in [0, 0.05) is 17.2 Å². The average Bonchev–Trinajstić information content (AvgIpc) is 2.59. The number of esters is 1. The summed E-state index contributed by atoms with van der Waals surface area (Å²) in [6, 6.07) is 0. The van der Waals surface area contributed by atoms with Gasteiger partial charge in [0.1, 0.15) is 9.61 Å². The first kappa shape index (κ1) is 14.6. The zero-order chi connectivity index (χ0) is 13.1. The monoisotopic (exact) mass is 319 g/mol. The zero-order valence-corrected chi connectivity index (χ0v) is 13.0. The summed E-state index contributed by atoms with van der Waals surface area (Å²) in [7, 11) is 0. The van der Waals surface area contributed by atoms with Crippen molar-refractivity contribution < 1.29 is 9.53 Å². The van der Waals surface area contributed by atoms with Crippen LogP contribution < -0.4 is 0 Å². The number of rotatable bonds is 4. The molecule has 0 spiro atoms. The SMILES string of the molecule is CCCC(=O)OC(c1nc(Br)cs1)C(C)(C)C. The van der Waals surface area contributed by atoms with Gasteiger partial charge in [0.2, 0.25) is 0 Å². The molecule has 1 aromatic heterocycles. The van der Waals surface area contributed by atoms with Crippen LogP contribution in [0.3, 0.4) is 0 Å². The molecule has 1 unspecified atom stereocenters. The van der Waals surface area contributed by atoms with E-state index < -0.39 is 0 Å². The Morgan fingerprint density at radius 1 is 1.59 bits per heavy atom. The van der Waals surface area contributed by atoms with E-state index >= 15 is 0 Å². The van der Waals surface area contributed by atoms with Gasteiger partial charge in [-0.25, -0.2) is 4.98 Å². The number of nitrogens with zero attached hydrogens (tertiary/aromatic N) is 1. The summed E-state index contributed by atoms with van der Waals surface area (Å²) in [5.41, 5.74) is -0.152. The van der Waals surface area contributed by atoms with Crippen LogP contribution in [0.5, 0.6) is 0 Å². The van der Waals surface area contributed by atoms with Crippen molar-refractivity contribution in [2.45, 2.75) is 46.6 Å². The van der Waals surface area contributed by atoms with Crippen LogP contribution in [0.2, 0.25) is 0 Å². The Morgan fingerprint density at radius 3 is 2.65 bits per heavy atom. The molecule has 0 radical (unpaired) electrons. The van der Waals surface area contributed by atoms with Gasteiger partial charge in [-0.2, -0.15) is 0 Å². The van der Waals surface area contributed by atoms with Gasteiger partial charge in [-0.15, -0.1) is 11.3 Å². The van der Waals surface area contributed by atoms with E-state index in [1.807, 2.05) is 33.1 Å². The lowest BCUT2D eigenvalue weighted by molar-refractivity contribution is -0.155. The number of halogens is 1. The number of hydrogen-bond acceptors (Lipinski definition) is 4. The number of ether oxygens (including phenoxy) is 1. The first-order valence-electron chi connectivity index (χ1n) is 5.65. The molecule has 5 heteroatoms. The largest absolute Gasteiger partial charge is 0.454 e. The van der Waals surface area contributed by atoms with Gasteiger partial charge in [-0.3, -0.25) is 4.79 Å². The van der Waals surface area contributed by atoms with Crippen molar-refractivity contribution in [3.8, 4) is 0 Å². The summed E-state index contributed by atoms with van der Waals surface area (Å²) in [5, 5.41) is 2.75. The zero-order valence-electron chi connectivity index (χ0n) is 10.6. The first-order chi connectivity index (χ1) is 7.84. The van der Waals surface area contributed by atoms with Crippen LogP contribution in [0.25, 0.3) is 0 Å².